The van der Waals surface area contributed by atoms with Gasteiger partial charge in [0, 0.05) is 16.9 Å². The fraction of sp³-hybridized carbons (Fsp3) is 0.167. The molecule has 0 saturated carbocycles. The van der Waals surface area contributed by atoms with Gasteiger partial charge in [-0.25, -0.2) is 13.8 Å². The maximum atomic E-state index is 13.1. The number of aliphatic imine (C=N–C) groups is 1. The quantitative estimate of drug-likeness (QED) is 0.369. The first-order valence-electron chi connectivity index (χ1n) is 10.9. The average molecular weight is 512 g/mol. The summed E-state index contributed by atoms with van der Waals surface area (Å²) in [6, 6.07) is 14.2. The number of benzene rings is 2. The molecule has 1 aliphatic rings. The minimum absolute atomic E-state index is 0.00980. The van der Waals surface area contributed by atoms with Crippen molar-refractivity contribution >= 4 is 40.7 Å². The number of hydrogen-bond acceptors (Lipinski definition) is 7. The molecule has 9 nitrogen and oxygen atoms in total. The first-order valence-corrected chi connectivity index (χ1v) is 11.3. The number of halogens is 3. The van der Waals surface area contributed by atoms with Crippen LogP contribution in [-0.4, -0.2) is 38.4 Å². The fourth-order valence-electron chi connectivity index (χ4n) is 3.71. The van der Waals surface area contributed by atoms with E-state index in [9.17, 15) is 13.6 Å². The summed E-state index contributed by atoms with van der Waals surface area (Å²) in [5.74, 6) is 1.49. The van der Waals surface area contributed by atoms with Crippen LogP contribution < -0.4 is 20.9 Å². The predicted octanol–water partition coefficient (Wildman–Crippen LogP) is 4.16. The Morgan fingerprint density at radius 2 is 1.92 bits per heavy atom. The highest BCUT2D eigenvalue weighted by Gasteiger charge is 2.18. The highest BCUT2D eigenvalue weighted by atomic mass is 35.5. The maximum absolute atomic E-state index is 13.1. The van der Waals surface area contributed by atoms with E-state index in [-0.39, 0.29) is 23.7 Å². The van der Waals surface area contributed by atoms with Crippen LogP contribution >= 0.6 is 11.6 Å². The molecular formula is C24H20ClF2N7O2. The molecule has 0 atom stereocenters. The van der Waals surface area contributed by atoms with Crippen molar-refractivity contribution in [1.29, 1.82) is 0 Å². The van der Waals surface area contributed by atoms with E-state index in [0.717, 1.165) is 10.1 Å². The van der Waals surface area contributed by atoms with E-state index in [2.05, 4.69) is 25.6 Å². The van der Waals surface area contributed by atoms with E-state index < -0.39 is 18.5 Å². The molecule has 0 amide bonds. The van der Waals surface area contributed by atoms with Crippen molar-refractivity contribution in [2.75, 3.05) is 11.9 Å². The third-order valence-electron chi connectivity index (χ3n) is 5.35. The SMILES string of the molecule is O=c1nc(Nc2ccc(OC3=CNC=NC3)cc2)n(Cc2ccc(Cl)cc2)c2ncn(CC(F)F)c12. The number of nitrogens with one attached hydrogen (secondary N) is 2. The molecule has 0 bridgehead atoms. The third-order valence-corrected chi connectivity index (χ3v) is 5.60. The van der Waals surface area contributed by atoms with E-state index >= 15 is 0 Å². The molecule has 0 aliphatic carbocycles. The van der Waals surface area contributed by atoms with Crippen LogP contribution in [-0.2, 0) is 13.1 Å². The second-order valence-electron chi connectivity index (χ2n) is 7.91. The lowest BCUT2D eigenvalue weighted by Gasteiger charge is -2.16. The van der Waals surface area contributed by atoms with Crippen LogP contribution in [0.4, 0.5) is 20.4 Å². The molecule has 12 heteroatoms. The summed E-state index contributed by atoms with van der Waals surface area (Å²) < 4.78 is 34.7. The second kappa shape index (κ2) is 10.2. The number of hydrogen-bond donors (Lipinski definition) is 2. The number of nitrogens with zero attached hydrogens (tertiary/aromatic N) is 5. The molecule has 0 spiro atoms. The normalized spacial score (nSPS) is 13.1. The van der Waals surface area contributed by atoms with Crippen LogP contribution in [0, 0.1) is 0 Å². The van der Waals surface area contributed by atoms with E-state index in [1.807, 2.05) is 12.1 Å². The molecule has 0 unspecified atom stereocenters. The predicted molar refractivity (Wildman–Crippen MR) is 133 cm³/mol. The Morgan fingerprint density at radius 1 is 1.14 bits per heavy atom. The van der Waals surface area contributed by atoms with Gasteiger partial charge in [-0.3, -0.25) is 14.4 Å². The Balaban J connectivity index is 1.48. The Labute approximate surface area is 208 Å². The summed E-state index contributed by atoms with van der Waals surface area (Å²) in [4.78, 5) is 25.4. The largest absolute Gasteiger partial charge is 0.458 e. The smallest absolute Gasteiger partial charge is 0.300 e. The van der Waals surface area contributed by atoms with Crippen molar-refractivity contribution in [3.8, 4) is 5.75 Å². The van der Waals surface area contributed by atoms with Gasteiger partial charge in [0.25, 0.3) is 6.43 Å². The van der Waals surface area contributed by atoms with Crippen molar-refractivity contribution in [3.63, 3.8) is 0 Å². The highest BCUT2D eigenvalue weighted by Crippen LogP contribution is 2.23. The third kappa shape index (κ3) is 5.20. The topological polar surface area (TPSA) is 98.4 Å². The molecule has 2 aromatic heterocycles. The zero-order chi connectivity index (χ0) is 25.1. The van der Waals surface area contributed by atoms with Gasteiger partial charge in [0.1, 0.15) is 18.1 Å². The van der Waals surface area contributed by atoms with Gasteiger partial charge in [-0.15, -0.1) is 0 Å². The van der Waals surface area contributed by atoms with Crippen LogP contribution in [0.2, 0.25) is 5.02 Å². The standard InChI is InChI=1S/C24H20ClF2N7O2/c25-16-3-1-15(2-4-16)11-34-22-21(33(14-30-22)12-20(26)27)23(35)32-24(34)31-17-5-7-18(8-6-17)36-19-9-28-13-29-10-19/h1-9,13-14,20H,10-12H2,(H,28,29)(H,31,32,35). The number of aromatic nitrogens is 4. The molecule has 2 N–H and O–H groups in total. The van der Waals surface area contributed by atoms with Gasteiger partial charge in [-0.1, -0.05) is 23.7 Å². The zero-order valence-corrected chi connectivity index (χ0v) is 19.5. The Bertz CT molecular complexity index is 1500. The molecule has 36 heavy (non-hydrogen) atoms. The van der Waals surface area contributed by atoms with Crippen molar-refractivity contribution in [3.05, 3.63) is 87.8 Å². The summed E-state index contributed by atoms with van der Waals surface area (Å²) in [5.41, 5.74) is 1.09. The van der Waals surface area contributed by atoms with Gasteiger partial charge < -0.3 is 19.9 Å². The summed E-state index contributed by atoms with van der Waals surface area (Å²) in [6.07, 6.45) is 1.90. The molecule has 4 aromatic rings. The summed E-state index contributed by atoms with van der Waals surface area (Å²) in [5, 5.41) is 6.59. The number of ether oxygens (including phenoxy) is 1. The Kier molecular flexibility index (Phi) is 6.63. The van der Waals surface area contributed by atoms with Crippen LogP contribution in [0.25, 0.3) is 11.2 Å². The second-order valence-corrected chi connectivity index (χ2v) is 8.35. The van der Waals surface area contributed by atoms with Crippen molar-refractivity contribution in [2.24, 2.45) is 4.99 Å². The average Bonchev–Trinajstić information content (AvgIpc) is 3.28. The van der Waals surface area contributed by atoms with Gasteiger partial charge in [0.2, 0.25) is 5.95 Å². The number of fused-ring (bicyclic) bond motifs is 1. The fourth-order valence-corrected chi connectivity index (χ4v) is 3.84. The van der Waals surface area contributed by atoms with Crippen molar-refractivity contribution in [2.45, 2.75) is 19.5 Å². The number of imidazole rings is 1. The van der Waals surface area contributed by atoms with Crippen molar-refractivity contribution < 1.29 is 13.5 Å². The summed E-state index contributed by atoms with van der Waals surface area (Å²) in [7, 11) is 0. The van der Waals surface area contributed by atoms with Crippen LogP contribution in [0.3, 0.4) is 0 Å². The van der Waals surface area contributed by atoms with E-state index in [4.69, 9.17) is 16.3 Å². The lowest BCUT2D eigenvalue weighted by Crippen LogP contribution is -2.21. The minimum atomic E-state index is -2.64. The van der Waals surface area contributed by atoms with E-state index in [1.54, 1.807) is 53.5 Å². The summed E-state index contributed by atoms with van der Waals surface area (Å²) in [6.45, 7) is 0.0594. The molecule has 0 radical (unpaired) electrons. The molecule has 184 valence electrons. The first-order chi connectivity index (χ1) is 17.5. The lowest BCUT2D eigenvalue weighted by atomic mass is 10.2. The van der Waals surface area contributed by atoms with Crippen LogP contribution in [0.15, 0.2) is 76.6 Å². The maximum Gasteiger partial charge on any atom is 0.300 e. The molecule has 5 rings (SSSR count). The number of rotatable bonds is 8. The molecular weight excluding hydrogens is 492 g/mol. The van der Waals surface area contributed by atoms with Gasteiger partial charge in [0.15, 0.2) is 11.2 Å². The Hall–Kier alpha value is -4.25. The van der Waals surface area contributed by atoms with E-state index in [0.29, 0.717) is 28.8 Å². The summed E-state index contributed by atoms with van der Waals surface area (Å²) >= 11 is 6.01. The van der Waals surface area contributed by atoms with Gasteiger partial charge in [-0.05, 0) is 42.0 Å². The first kappa shape index (κ1) is 23.5. The van der Waals surface area contributed by atoms with Gasteiger partial charge in [-0.2, -0.15) is 4.98 Å². The molecule has 0 saturated heterocycles. The van der Waals surface area contributed by atoms with E-state index in [1.165, 1.54) is 6.33 Å². The van der Waals surface area contributed by atoms with Gasteiger partial charge in [0.05, 0.1) is 25.8 Å². The van der Waals surface area contributed by atoms with Crippen molar-refractivity contribution in [1.82, 2.24) is 24.4 Å². The molecule has 1 aliphatic heterocycles. The van der Waals surface area contributed by atoms with Crippen LogP contribution in [0.5, 0.6) is 5.75 Å². The highest BCUT2D eigenvalue weighted by molar-refractivity contribution is 6.30. The van der Waals surface area contributed by atoms with Crippen LogP contribution in [0.1, 0.15) is 5.56 Å². The lowest BCUT2D eigenvalue weighted by molar-refractivity contribution is 0.128. The van der Waals surface area contributed by atoms with Gasteiger partial charge >= 0.3 is 5.56 Å². The monoisotopic (exact) mass is 511 g/mol. The minimum Gasteiger partial charge on any atom is -0.458 e. The molecule has 0 fully saturated rings. The number of anilines is 2. The number of alkyl halides is 2. The zero-order valence-electron chi connectivity index (χ0n) is 18.7. The molecule has 2 aromatic carbocycles. The Morgan fingerprint density at radius 3 is 2.61 bits per heavy atom. The molecule has 3 heterocycles.